The first-order chi connectivity index (χ1) is 10.1. The highest BCUT2D eigenvalue weighted by Crippen LogP contribution is 2.29. The number of methoxy groups -OCH3 is 2. The van der Waals surface area contributed by atoms with Gasteiger partial charge in [-0.2, -0.15) is 5.10 Å². The monoisotopic (exact) mass is 290 g/mol. The van der Waals surface area contributed by atoms with E-state index in [0.29, 0.717) is 17.2 Å². The molecule has 112 valence electrons. The van der Waals surface area contributed by atoms with Crippen LogP contribution in [0.25, 0.3) is 0 Å². The molecule has 0 aliphatic rings. The molecule has 3 N–H and O–H groups in total. The minimum atomic E-state index is -0.325. The number of hydrogen-bond donors (Lipinski definition) is 3. The summed E-state index contributed by atoms with van der Waals surface area (Å²) < 4.78 is 10.5. The van der Waals surface area contributed by atoms with Crippen LogP contribution < -0.4 is 20.1 Å². The molecular formula is C14H18N4O3. The van der Waals surface area contributed by atoms with Gasteiger partial charge in [0.2, 0.25) is 0 Å². The number of carbonyl (C=O) groups is 1. The fraction of sp³-hybridized carbons (Fsp3) is 0.286. The van der Waals surface area contributed by atoms with Crippen molar-refractivity contribution in [3.63, 3.8) is 0 Å². The number of H-pyrrole nitrogens is 1. The molecule has 7 heteroatoms. The Kier molecular flexibility index (Phi) is 4.65. The Morgan fingerprint density at radius 2 is 2.14 bits per heavy atom. The molecule has 0 aliphatic heterocycles. The van der Waals surface area contributed by atoms with Gasteiger partial charge in [0, 0.05) is 11.8 Å². The second kappa shape index (κ2) is 6.65. The van der Waals surface area contributed by atoms with Crippen LogP contribution in [0, 0.1) is 0 Å². The maximum absolute atomic E-state index is 11.9. The molecule has 1 aromatic carbocycles. The fourth-order valence-electron chi connectivity index (χ4n) is 1.94. The smallest absolute Gasteiger partial charge is 0.319 e. The van der Waals surface area contributed by atoms with Crippen molar-refractivity contribution in [1.29, 1.82) is 0 Å². The topological polar surface area (TPSA) is 88.3 Å². The summed E-state index contributed by atoms with van der Waals surface area (Å²) in [6, 6.07) is 4.87. The van der Waals surface area contributed by atoms with Gasteiger partial charge in [0.1, 0.15) is 11.5 Å². The van der Waals surface area contributed by atoms with E-state index in [1.165, 1.54) is 6.20 Å². The third-order valence-corrected chi connectivity index (χ3v) is 3.01. The molecule has 0 saturated heterocycles. The molecule has 21 heavy (non-hydrogen) atoms. The molecule has 0 saturated carbocycles. The van der Waals surface area contributed by atoms with Gasteiger partial charge >= 0.3 is 6.03 Å². The minimum absolute atomic E-state index is 0.248. The lowest BCUT2D eigenvalue weighted by Gasteiger charge is -2.18. The second-order valence-electron chi connectivity index (χ2n) is 4.42. The minimum Gasteiger partial charge on any atom is -0.497 e. The van der Waals surface area contributed by atoms with Crippen LogP contribution in [0.15, 0.2) is 30.6 Å². The lowest BCUT2D eigenvalue weighted by molar-refractivity contribution is 0.249. The van der Waals surface area contributed by atoms with E-state index in [4.69, 9.17) is 9.47 Å². The van der Waals surface area contributed by atoms with Crippen LogP contribution in [0.5, 0.6) is 11.5 Å². The molecule has 0 radical (unpaired) electrons. The lowest BCUT2D eigenvalue weighted by atomic mass is 10.1. The third-order valence-electron chi connectivity index (χ3n) is 3.01. The van der Waals surface area contributed by atoms with E-state index < -0.39 is 0 Å². The number of ether oxygens (including phenoxy) is 2. The van der Waals surface area contributed by atoms with E-state index in [-0.39, 0.29) is 12.1 Å². The number of aromatic nitrogens is 2. The first-order valence-electron chi connectivity index (χ1n) is 6.42. The molecule has 1 heterocycles. The number of aromatic amines is 1. The zero-order valence-corrected chi connectivity index (χ0v) is 12.1. The molecule has 0 aliphatic carbocycles. The Morgan fingerprint density at radius 3 is 2.76 bits per heavy atom. The van der Waals surface area contributed by atoms with Crippen LogP contribution in [0.1, 0.15) is 18.5 Å². The van der Waals surface area contributed by atoms with Crippen LogP contribution in [0.3, 0.4) is 0 Å². The van der Waals surface area contributed by atoms with Crippen molar-refractivity contribution in [2.45, 2.75) is 13.0 Å². The molecule has 0 bridgehead atoms. The molecule has 1 atom stereocenters. The number of carbonyl (C=O) groups excluding carboxylic acids is 1. The van der Waals surface area contributed by atoms with E-state index in [1.54, 1.807) is 32.5 Å². The van der Waals surface area contributed by atoms with Gasteiger partial charge in [-0.05, 0) is 25.1 Å². The van der Waals surface area contributed by atoms with E-state index in [2.05, 4.69) is 20.8 Å². The van der Waals surface area contributed by atoms with Crippen molar-refractivity contribution in [3.05, 3.63) is 36.2 Å². The first kappa shape index (κ1) is 14.7. The fourth-order valence-corrected chi connectivity index (χ4v) is 1.94. The number of nitrogens with one attached hydrogen (secondary N) is 3. The Balaban J connectivity index is 2.08. The van der Waals surface area contributed by atoms with Gasteiger partial charge in [0.15, 0.2) is 0 Å². The highest BCUT2D eigenvalue weighted by atomic mass is 16.5. The summed E-state index contributed by atoms with van der Waals surface area (Å²) >= 11 is 0. The number of anilines is 1. The molecular weight excluding hydrogens is 272 g/mol. The van der Waals surface area contributed by atoms with Gasteiger partial charge in [0.05, 0.1) is 32.1 Å². The predicted molar refractivity (Wildman–Crippen MR) is 78.7 cm³/mol. The molecule has 7 nitrogen and oxygen atoms in total. The van der Waals surface area contributed by atoms with E-state index in [9.17, 15) is 4.79 Å². The van der Waals surface area contributed by atoms with Crippen molar-refractivity contribution < 1.29 is 14.3 Å². The summed E-state index contributed by atoms with van der Waals surface area (Å²) in [4.78, 5) is 11.9. The lowest BCUT2D eigenvalue weighted by Crippen LogP contribution is -2.31. The number of rotatable bonds is 5. The molecule has 0 spiro atoms. The van der Waals surface area contributed by atoms with Gasteiger partial charge in [-0.1, -0.05) is 0 Å². The van der Waals surface area contributed by atoms with Crippen LogP contribution in [-0.2, 0) is 0 Å². The summed E-state index contributed by atoms with van der Waals surface area (Å²) in [7, 11) is 3.18. The highest BCUT2D eigenvalue weighted by molar-refractivity contribution is 5.89. The Hall–Kier alpha value is -2.70. The molecule has 0 unspecified atom stereocenters. The molecule has 2 amide bonds. The maximum atomic E-state index is 11.9. The largest absolute Gasteiger partial charge is 0.497 e. The summed E-state index contributed by atoms with van der Waals surface area (Å²) in [5, 5.41) is 11.9. The van der Waals surface area contributed by atoms with Crippen molar-refractivity contribution in [3.8, 4) is 11.5 Å². The maximum Gasteiger partial charge on any atom is 0.319 e. The number of benzene rings is 1. The van der Waals surface area contributed by atoms with Crippen LogP contribution >= 0.6 is 0 Å². The third kappa shape index (κ3) is 3.65. The van der Waals surface area contributed by atoms with E-state index in [1.807, 2.05) is 13.0 Å². The zero-order chi connectivity index (χ0) is 15.2. The first-order valence-corrected chi connectivity index (χ1v) is 6.42. The average Bonchev–Trinajstić information content (AvgIpc) is 2.99. The summed E-state index contributed by atoms with van der Waals surface area (Å²) in [5.74, 6) is 1.39. The predicted octanol–water partition coefficient (Wildman–Crippen LogP) is 2.31. The quantitative estimate of drug-likeness (QED) is 0.788. The van der Waals surface area contributed by atoms with Crippen molar-refractivity contribution in [2.75, 3.05) is 19.5 Å². The van der Waals surface area contributed by atoms with E-state index in [0.717, 1.165) is 5.56 Å². The zero-order valence-electron chi connectivity index (χ0n) is 12.1. The van der Waals surface area contributed by atoms with E-state index >= 15 is 0 Å². The van der Waals surface area contributed by atoms with Gasteiger partial charge in [-0.25, -0.2) is 4.79 Å². The highest BCUT2D eigenvalue weighted by Gasteiger charge is 2.15. The Bertz CT molecular complexity index is 598. The van der Waals surface area contributed by atoms with Crippen LogP contribution in [0.2, 0.25) is 0 Å². The molecule has 2 aromatic rings. The number of urea groups is 1. The second-order valence-corrected chi connectivity index (χ2v) is 4.42. The normalized spacial score (nSPS) is 11.6. The molecule has 0 fully saturated rings. The van der Waals surface area contributed by atoms with Crippen molar-refractivity contribution in [1.82, 2.24) is 15.5 Å². The van der Waals surface area contributed by atoms with Gasteiger partial charge in [-0.15, -0.1) is 0 Å². The van der Waals surface area contributed by atoms with Gasteiger partial charge < -0.3 is 20.1 Å². The Morgan fingerprint density at radius 1 is 1.33 bits per heavy atom. The van der Waals surface area contributed by atoms with Crippen LogP contribution in [0.4, 0.5) is 10.5 Å². The number of nitrogens with zero attached hydrogens (tertiary/aromatic N) is 1. The average molecular weight is 290 g/mol. The molecule has 1 aromatic heterocycles. The van der Waals surface area contributed by atoms with Gasteiger partial charge in [0.25, 0.3) is 0 Å². The summed E-state index contributed by atoms with van der Waals surface area (Å²) in [6.45, 7) is 1.87. The van der Waals surface area contributed by atoms with Crippen LogP contribution in [-0.4, -0.2) is 30.4 Å². The standard InChI is InChI=1S/C14H18N4O3/c1-9(17-14(19)18-10-7-15-16-8-10)12-6-11(20-2)4-5-13(12)21-3/h4-9H,1-3H3,(H,15,16)(H2,17,18,19)/t9-/m1/s1. The van der Waals surface area contributed by atoms with Crippen molar-refractivity contribution >= 4 is 11.7 Å². The Labute approximate surface area is 122 Å². The van der Waals surface area contributed by atoms with Crippen molar-refractivity contribution in [2.24, 2.45) is 0 Å². The summed E-state index contributed by atoms with van der Waals surface area (Å²) in [6.07, 6.45) is 3.12. The molecule has 2 rings (SSSR count). The summed E-state index contributed by atoms with van der Waals surface area (Å²) in [5.41, 5.74) is 1.43. The number of hydrogen-bond acceptors (Lipinski definition) is 4. The van der Waals surface area contributed by atoms with Gasteiger partial charge in [-0.3, -0.25) is 5.10 Å². The SMILES string of the molecule is COc1ccc(OC)c([C@@H](C)NC(=O)Nc2cn[nH]c2)c1. The number of amides is 2.